The average Bonchev–Trinajstić information content (AvgIpc) is 2.50. The van der Waals surface area contributed by atoms with Crippen LogP contribution in [0.2, 0.25) is 0 Å². The summed E-state index contributed by atoms with van der Waals surface area (Å²) in [5, 5.41) is 9.14. The van der Waals surface area contributed by atoms with Crippen molar-refractivity contribution in [1.82, 2.24) is 0 Å². The van der Waals surface area contributed by atoms with Crippen LogP contribution >= 0.6 is 0 Å². The molecule has 0 aliphatic carbocycles. The summed E-state index contributed by atoms with van der Waals surface area (Å²) >= 11 is -2.42. The van der Waals surface area contributed by atoms with E-state index in [4.69, 9.17) is 10.00 Å². The Morgan fingerprint density at radius 1 is 1.18 bits per heavy atom. The molecule has 2 rings (SSSR count). The number of ether oxygens (including phenoxy) is 1. The summed E-state index contributed by atoms with van der Waals surface area (Å²) in [6, 6.07) is 16.3. The molecule has 7 heteroatoms. The van der Waals surface area contributed by atoms with Gasteiger partial charge in [0.05, 0.1) is 6.07 Å². The molecule has 0 aliphatic heterocycles. The molecular formula is C15H11N2O4S-. The van der Waals surface area contributed by atoms with Crippen molar-refractivity contribution in [3.05, 3.63) is 60.2 Å². The number of carbonyl (C=O) groups is 1. The van der Waals surface area contributed by atoms with Gasteiger partial charge in [0, 0.05) is 17.0 Å². The van der Waals surface area contributed by atoms with Crippen LogP contribution in [0.4, 0.5) is 5.69 Å². The third-order valence-corrected chi connectivity index (χ3v) is 3.17. The van der Waals surface area contributed by atoms with Gasteiger partial charge in [-0.15, -0.1) is 0 Å². The third-order valence-electron chi connectivity index (χ3n) is 2.77. The summed E-state index contributed by atoms with van der Waals surface area (Å²) in [5.74, 6) is -1.49. The first-order chi connectivity index (χ1) is 10.6. The Balaban J connectivity index is 2.08. The number of nitrogens with zero attached hydrogens (tertiary/aromatic N) is 1. The molecule has 0 aliphatic rings. The zero-order chi connectivity index (χ0) is 15.9. The first-order valence-electron chi connectivity index (χ1n) is 6.22. The number of nitriles is 1. The van der Waals surface area contributed by atoms with Crippen LogP contribution in [0.25, 0.3) is 0 Å². The van der Waals surface area contributed by atoms with Crippen molar-refractivity contribution in [2.75, 3.05) is 4.72 Å². The summed E-state index contributed by atoms with van der Waals surface area (Å²) in [6.07, 6.45) is 0. The second-order valence-corrected chi connectivity index (χ2v) is 4.93. The molecule has 2 unspecified atom stereocenters. The number of benzene rings is 2. The van der Waals surface area contributed by atoms with E-state index in [1.165, 1.54) is 24.3 Å². The predicted octanol–water partition coefficient (Wildman–Crippen LogP) is 2.11. The highest BCUT2D eigenvalue weighted by Crippen LogP contribution is 2.21. The molecule has 2 aromatic rings. The zero-order valence-electron chi connectivity index (χ0n) is 11.3. The minimum Gasteiger partial charge on any atom is -0.755 e. The van der Waals surface area contributed by atoms with E-state index in [9.17, 15) is 13.6 Å². The van der Waals surface area contributed by atoms with Gasteiger partial charge in [-0.3, -0.25) is 4.21 Å². The normalized spacial score (nSPS) is 12.7. The molecule has 0 bridgehead atoms. The van der Waals surface area contributed by atoms with E-state index < -0.39 is 23.2 Å². The molecule has 0 spiro atoms. The first-order valence-corrected chi connectivity index (χ1v) is 7.30. The van der Waals surface area contributed by atoms with Crippen molar-refractivity contribution in [2.45, 2.75) is 5.92 Å². The van der Waals surface area contributed by atoms with Crippen LogP contribution in [-0.4, -0.2) is 14.7 Å². The molecule has 6 nitrogen and oxygen atoms in total. The number of esters is 1. The maximum absolute atomic E-state index is 12.0. The van der Waals surface area contributed by atoms with E-state index in [1.54, 1.807) is 30.3 Å². The monoisotopic (exact) mass is 315 g/mol. The van der Waals surface area contributed by atoms with Gasteiger partial charge in [0.1, 0.15) is 5.75 Å². The van der Waals surface area contributed by atoms with Gasteiger partial charge in [-0.2, -0.15) is 5.26 Å². The van der Waals surface area contributed by atoms with Crippen molar-refractivity contribution in [1.29, 1.82) is 5.26 Å². The van der Waals surface area contributed by atoms with E-state index in [0.29, 0.717) is 11.3 Å². The molecule has 0 amide bonds. The number of hydrogen-bond acceptors (Lipinski definition) is 5. The lowest BCUT2D eigenvalue weighted by atomic mass is 10.0. The fourth-order valence-electron chi connectivity index (χ4n) is 1.77. The van der Waals surface area contributed by atoms with Crippen molar-refractivity contribution < 1.29 is 18.3 Å². The van der Waals surface area contributed by atoms with Crippen molar-refractivity contribution in [3.63, 3.8) is 0 Å². The minimum atomic E-state index is -2.42. The van der Waals surface area contributed by atoms with Crippen molar-refractivity contribution in [3.8, 4) is 11.8 Å². The maximum atomic E-state index is 12.0. The molecule has 0 saturated heterocycles. The van der Waals surface area contributed by atoms with Crippen LogP contribution in [-0.2, 0) is 16.1 Å². The lowest BCUT2D eigenvalue weighted by molar-refractivity contribution is -0.134. The molecule has 1 N–H and O–H groups in total. The van der Waals surface area contributed by atoms with Gasteiger partial charge in [-0.05, 0) is 29.8 Å². The molecule has 2 atom stereocenters. The van der Waals surface area contributed by atoms with Crippen LogP contribution in [0.5, 0.6) is 5.75 Å². The van der Waals surface area contributed by atoms with Gasteiger partial charge in [0.15, 0.2) is 5.92 Å². The highest BCUT2D eigenvalue weighted by atomic mass is 32.2. The lowest BCUT2D eigenvalue weighted by Gasteiger charge is -2.11. The number of hydrogen-bond donors (Lipinski definition) is 1. The number of rotatable bonds is 5. The zero-order valence-corrected chi connectivity index (χ0v) is 12.1. The van der Waals surface area contributed by atoms with Gasteiger partial charge >= 0.3 is 5.97 Å². The number of anilines is 1. The Labute approximate surface area is 129 Å². The summed E-state index contributed by atoms with van der Waals surface area (Å²) in [5.41, 5.74) is 0.892. The van der Waals surface area contributed by atoms with Crippen LogP contribution in [0.15, 0.2) is 54.6 Å². The van der Waals surface area contributed by atoms with Gasteiger partial charge in [-0.25, -0.2) is 4.79 Å². The molecule has 22 heavy (non-hydrogen) atoms. The van der Waals surface area contributed by atoms with Gasteiger partial charge < -0.3 is 14.0 Å². The summed E-state index contributed by atoms with van der Waals surface area (Å²) in [6.45, 7) is 0. The van der Waals surface area contributed by atoms with E-state index in [1.807, 2.05) is 6.07 Å². The largest absolute Gasteiger partial charge is 0.755 e. The molecule has 0 aromatic heterocycles. The fraction of sp³-hybridized carbons (Fsp3) is 0.0667. The van der Waals surface area contributed by atoms with E-state index in [-0.39, 0.29) is 5.75 Å². The molecule has 0 saturated carbocycles. The van der Waals surface area contributed by atoms with Crippen LogP contribution < -0.4 is 9.46 Å². The predicted molar refractivity (Wildman–Crippen MR) is 79.4 cm³/mol. The van der Waals surface area contributed by atoms with Gasteiger partial charge in [0.2, 0.25) is 0 Å². The molecule has 112 valence electrons. The van der Waals surface area contributed by atoms with E-state index in [2.05, 4.69) is 4.72 Å². The second kappa shape index (κ2) is 7.36. The van der Waals surface area contributed by atoms with Gasteiger partial charge in [-0.1, -0.05) is 30.3 Å². The standard InChI is InChI=1S/C15H12N2O4S/c16-10-14(11-4-2-1-3-5-11)15(18)21-13-8-6-12(7-9-13)17-22(19)20/h1-9,14,17H,(H,19,20)/p-1. The van der Waals surface area contributed by atoms with Gasteiger partial charge in [0.25, 0.3) is 0 Å². The first kappa shape index (κ1) is 15.7. The average molecular weight is 315 g/mol. The molecule has 0 fully saturated rings. The van der Waals surface area contributed by atoms with Crippen molar-refractivity contribution in [2.24, 2.45) is 0 Å². The SMILES string of the molecule is N#CC(C(=O)Oc1ccc(NS(=O)[O-])cc1)c1ccccc1. The summed E-state index contributed by atoms with van der Waals surface area (Å²) in [4.78, 5) is 12.0. The highest BCUT2D eigenvalue weighted by molar-refractivity contribution is 7.80. The van der Waals surface area contributed by atoms with E-state index in [0.717, 1.165) is 0 Å². The van der Waals surface area contributed by atoms with Crippen LogP contribution in [0, 0.1) is 11.3 Å². The second-order valence-electron chi connectivity index (χ2n) is 4.26. The third kappa shape index (κ3) is 4.15. The maximum Gasteiger partial charge on any atom is 0.333 e. The smallest absolute Gasteiger partial charge is 0.333 e. The van der Waals surface area contributed by atoms with Crippen molar-refractivity contribution >= 4 is 22.9 Å². The Kier molecular flexibility index (Phi) is 5.25. The Morgan fingerprint density at radius 2 is 1.82 bits per heavy atom. The molecule has 0 radical (unpaired) electrons. The quantitative estimate of drug-likeness (QED) is 0.517. The molecule has 0 heterocycles. The van der Waals surface area contributed by atoms with Crippen LogP contribution in [0.3, 0.4) is 0 Å². The Bertz CT molecular complexity index is 711. The Morgan fingerprint density at radius 3 is 2.36 bits per heavy atom. The lowest BCUT2D eigenvalue weighted by Crippen LogP contribution is -2.17. The van der Waals surface area contributed by atoms with Crippen LogP contribution in [0.1, 0.15) is 11.5 Å². The minimum absolute atomic E-state index is 0.225. The van der Waals surface area contributed by atoms with E-state index >= 15 is 0 Å². The summed E-state index contributed by atoms with van der Waals surface area (Å²) in [7, 11) is 0. The fourth-order valence-corrected chi connectivity index (χ4v) is 2.10. The topological polar surface area (TPSA) is 102 Å². The summed E-state index contributed by atoms with van der Waals surface area (Å²) < 4.78 is 28.3. The Hall–Kier alpha value is -2.69. The number of nitrogens with one attached hydrogen (secondary N) is 1. The highest BCUT2D eigenvalue weighted by Gasteiger charge is 2.22. The molecule has 2 aromatic carbocycles. The number of carbonyl (C=O) groups excluding carboxylic acids is 1. The molecular weight excluding hydrogens is 304 g/mol.